The third-order valence-electron chi connectivity index (χ3n) is 3.47. The summed E-state index contributed by atoms with van der Waals surface area (Å²) in [6.45, 7) is 0. The highest BCUT2D eigenvalue weighted by atomic mass is 35.5. The second-order valence-electron chi connectivity index (χ2n) is 5.24. The lowest BCUT2D eigenvalue weighted by Gasteiger charge is -2.33. The van der Waals surface area contributed by atoms with E-state index in [1.807, 2.05) is 0 Å². The van der Waals surface area contributed by atoms with Crippen molar-refractivity contribution in [2.75, 3.05) is 9.91 Å². The number of carboxylic acid groups (broad SMARTS) is 2. The fraction of sp³-hybridized carbons (Fsp3) is 0. The Morgan fingerprint density at radius 2 is 1.48 bits per heavy atom. The van der Waals surface area contributed by atoms with Gasteiger partial charge in [0.2, 0.25) is 0 Å². The van der Waals surface area contributed by atoms with Crippen LogP contribution in [0.1, 0.15) is 0 Å². The summed E-state index contributed by atoms with van der Waals surface area (Å²) in [5.41, 5.74) is 3.18. The van der Waals surface area contributed by atoms with Crippen molar-refractivity contribution < 1.29 is 19.8 Å². The van der Waals surface area contributed by atoms with Crippen molar-refractivity contribution in [1.29, 1.82) is 0 Å². The molecule has 1 aliphatic rings. The highest BCUT2D eigenvalue weighted by Crippen LogP contribution is 2.22. The molecule has 0 aromatic heterocycles. The molecule has 138 valence electrons. The first-order chi connectivity index (χ1) is 13.0. The number of hydrogen-bond acceptors (Lipinski definition) is 5. The SMILES string of the molecule is O=C(O)N(C1=NN(N(C(=O)O)c2ccccc2)NC(Cl)=C1)c1ccccc1. The van der Waals surface area contributed by atoms with Crippen molar-refractivity contribution in [2.24, 2.45) is 5.10 Å². The topological polar surface area (TPSA) is 109 Å². The highest BCUT2D eigenvalue weighted by Gasteiger charge is 2.29. The Labute approximate surface area is 158 Å². The van der Waals surface area contributed by atoms with E-state index in [0.717, 1.165) is 15.1 Å². The van der Waals surface area contributed by atoms with E-state index in [-0.39, 0.29) is 16.7 Å². The van der Waals surface area contributed by atoms with E-state index in [1.54, 1.807) is 60.7 Å². The van der Waals surface area contributed by atoms with E-state index in [0.29, 0.717) is 5.69 Å². The van der Waals surface area contributed by atoms with Gasteiger partial charge in [-0.15, -0.1) is 10.1 Å². The Kier molecular flexibility index (Phi) is 5.13. The molecule has 1 aliphatic heterocycles. The molecule has 0 radical (unpaired) electrons. The first-order valence-electron chi connectivity index (χ1n) is 7.66. The summed E-state index contributed by atoms with van der Waals surface area (Å²) in [5, 5.41) is 25.0. The monoisotopic (exact) mass is 387 g/mol. The van der Waals surface area contributed by atoms with Crippen molar-refractivity contribution in [3.05, 3.63) is 71.9 Å². The molecular weight excluding hydrogens is 374 g/mol. The fourth-order valence-corrected chi connectivity index (χ4v) is 2.56. The molecule has 9 nitrogen and oxygen atoms in total. The maximum absolute atomic E-state index is 11.8. The number of anilines is 2. The number of amides is 2. The van der Waals surface area contributed by atoms with E-state index in [9.17, 15) is 19.8 Å². The number of nitrogens with one attached hydrogen (secondary N) is 1. The summed E-state index contributed by atoms with van der Waals surface area (Å²) in [6, 6.07) is 16.4. The van der Waals surface area contributed by atoms with Gasteiger partial charge in [-0.1, -0.05) is 53.2 Å². The van der Waals surface area contributed by atoms with Crippen molar-refractivity contribution in [1.82, 2.24) is 10.7 Å². The molecule has 0 saturated heterocycles. The lowest BCUT2D eigenvalue weighted by Crippen LogP contribution is -2.53. The fourth-order valence-electron chi connectivity index (χ4n) is 2.38. The van der Waals surface area contributed by atoms with Gasteiger partial charge in [-0.2, -0.15) is 0 Å². The van der Waals surface area contributed by atoms with Crippen LogP contribution in [-0.4, -0.2) is 33.5 Å². The van der Waals surface area contributed by atoms with Crippen molar-refractivity contribution in [2.45, 2.75) is 0 Å². The van der Waals surface area contributed by atoms with Crippen LogP contribution in [0.25, 0.3) is 0 Å². The van der Waals surface area contributed by atoms with Crippen LogP contribution in [0.4, 0.5) is 21.0 Å². The van der Waals surface area contributed by atoms with Gasteiger partial charge in [-0.3, -0.25) is 5.43 Å². The zero-order chi connectivity index (χ0) is 19.4. The first-order valence-corrected chi connectivity index (χ1v) is 8.04. The van der Waals surface area contributed by atoms with Gasteiger partial charge in [0.05, 0.1) is 11.4 Å². The molecule has 2 amide bonds. The van der Waals surface area contributed by atoms with Gasteiger partial charge in [-0.25, -0.2) is 14.5 Å². The molecule has 0 saturated carbocycles. The summed E-state index contributed by atoms with van der Waals surface area (Å²) < 4.78 is 0. The third-order valence-corrected chi connectivity index (χ3v) is 3.66. The number of halogens is 1. The molecule has 3 rings (SSSR count). The van der Waals surface area contributed by atoms with Gasteiger partial charge < -0.3 is 10.2 Å². The van der Waals surface area contributed by atoms with Gasteiger partial charge in [-0.05, 0) is 24.3 Å². The molecule has 0 bridgehead atoms. The molecule has 0 unspecified atom stereocenters. The Morgan fingerprint density at radius 3 is 2.00 bits per heavy atom. The molecule has 0 fully saturated rings. The van der Waals surface area contributed by atoms with Crippen molar-refractivity contribution in [3.8, 4) is 0 Å². The number of hydrogen-bond donors (Lipinski definition) is 3. The van der Waals surface area contributed by atoms with Crippen LogP contribution in [0.5, 0.6) is 0 Å². The van der Waals surface area contributed by atoms with Gasteiger partial charge >= 0.3 is 12.2 Å². The molecular formula is C17H14ClN5O4. The zero-order valence-electron chi connectivity index (χ0n) is 13.7. The van der Waals surface area contributed by atoms with Crippen molar-refractivity contribution >= 4 is 41.0 Å². The maximum Gasteiger partial charge on any atom is 0.434 e. The lowest BCUT2D eigenvalue weighted by atomic mass is 10.3. The van der Waals surface area contributed by atoms with Gasteiger partial charge in [0.1, 0.15) is 5.16 Å². The quantitative estimate of drug-likeness (QED) is 0.696. The molecule has 1 heterocycles. The number of benzene rings is 2. The number of hydrazone groups is 1. The Morgan fingerprint density at radius 1 is 0.926 bits per heavy atom. The van der Waals surface area contributed by atoms with E-state index in [2.05, 4.69) is 10.5 Å². The Bertz CT molecular complexity index is 904. The predicted octanol–water partition coefficient (Wildman–Crippen LogP) is 3.48. The van der Waals surface area contributed by atoms with Crippen LogP contribution in [0, 0.1) is 0 Å². The smallest absolute Gasteiger partial charge is 0.434 e. The summed E-state index contributed by atoms with van der Waals surface area (Å²) in [7, 11) is 0. The van der Waals surface area contributed by atoms with E-state index >= 15 is 0 Å². The molecule has 0 atom stereocenters. The van der Waals surface area contributed by atoms with Gasteiger partial charge in [0.15, 0.2) is 5.84 Å². The minimum Gasteiger partial charge on any atom is -0.464 e. The van der Waals surface area contributed by atoms with Crippen LogP contribution in [-0.2, 0) is 0 Å². The Balaban J connectivity index is 2.03. The largest absolute Gasteiger partial charge is 0.464 e. The van der Waals surface area contributed by atoms with Crippen LogP contribution in [0.15, 0.2) is 77.0 Å². The highest BCUT2D eigenvalue weighted by molar-refractivity contribution is 6.32. The summed E-state index contributed by atoms with van der Waals surface area (Å²) >= 11 is 6.07. The lowest BCUT2D eigenvalue weighted by molar-refractivity contribution is 0.152. The number of rotatable bonds is 3. The van der Waals surface area contributed by atoms with Gasteiger partial charge in [0, 0.05) is 6.08 Å². The molecule has 2 aromatic carbocycles. The number of amidine groups is 1. The molecule has 0 aliphatic carbocycles. The summed E-state index contributed by atoms with van der Waals surface area (Å²) in [4.78, 5) is 24.4. The number of hydrazine groups is 2. The third kappa shape index (κ3) is 3.93. The van der Waals surface area contributed by atoms with Crippen LogP contribution >= 0.6 is 11.6 Å². The van der Waals surface area contributed by atoms with Crippen LogP contribution in [0.2, 0.25) is 0 Å². The van der Waals surface area contributed by atoms with E-state index in [4.69, 9.17) is 11.6 Å². The Hall–Kier alpha value is -3.72. The molecule has 10 heteroatoms. The standard InChI is InChI=1S/C17H14ClN5O4/c18-14-11-15(21(16(24)25)12-7-3-1-4-8-12)20-23(19-14)22(17(26)27)13-9-5-2-6-10-13/h1-11,19H,(H,24,25)(H,26,27). The number of nitrogens with zero attached hydrogens (tertiary/aromatic N) is 4. The first kappa shape index (κ1) is 18.1. The zero-order valence-corrected chi connectivity index (χ0v) is 14.5. The minimum atomic E-state index is -1.34. The average molecular weight is 388 g/mol. The van der Waals surface area contributed by atoms with Crippen LogP contribution < -0.4 is 15.3 Å². The molecule has 2 aromatic rings. The summed E-state index contributed by atoms with van der Waals surface area (Å²) in [5.74, 6) is -0.0837. The molecule has 27 heavy (non-hydrogen) atoms. The van der Waals surface area contributed by atoms with Crippen molar-refractivity contribution in [3.63, 3.8) is 0 Å². The van der Waals surface area contributed by atoms with Gasteiger partial charge in [0.25, 0.3) is 0 Å². The van der Waals surface area contributed by atoms with Crippen LogP contribution in [0.3, 0.4) is 0 Å². The van der Waals surface area contributed by atoms with E-state index in [1.165, 1.54) is 6.08 Å². The average Bonchev–Trinajstić information content (AvgIpc) is 2.63. The molecule has 3 N–H and O–H groups in total. The second-order valence-corrected chi connectivity index (χ2v) is 5.64. The van der Waals surface area contributed by atoms with E-state index < -0.39 is 12.2 Å². The number of carbonyl (C=O) groups is 2. The normalized spacial score (nSPS) is 13.1. The predicted molar refractivity (Wildman–Crippen MR) is 100 cm³/mol. The maximum atomic E-state index is 11.8. The second kappa shape index (κ2) is 7.67. The minimum absolute atomic E-state index is 0.00985. The molecule has 0 spiro atoms. The number of para-hydroxylation sites is 2. The summed E-state index contributed by atoms with van der Waals surface area (Å²) in [6.07, 6.45) is -1.36.